The first-order valence-corrected chi connectivity index (χ1v) is 8.74. The number of hydrogen-bond donors (Lipinski definition) is 4. The predicted octanol–water partition coefficient (Wildman–Crippen LogP) is 2.60. The Bertz CT molecular complexity index is 950. The van der Waals surface area contributed by atoms with Gasteiger partial charge in [-0.25, -0.2) is 9.59 Å². The number of H-pyrrole nitrogens is 1. The van der Waals surface area contributed by atoms with Crippen LogP contribution in [0.15, 0.2) is 23.0 Å². The molecule has 0 spiro atoms. The lowest BCUT2D eigenvalue weighted by Gasteiger charge is -2.16. The van der Waals surface area contributed by atoms with Gasteiger partial charge in [-0.2, -0.15) is 0 Å². The van der Waals surface area contributed by atoms with Gasteiger partial charge in [-0.15, -0.1) is 0 Å². The summed E-state index contributed by atoms with van der Waals surface area (Å²) in [6.45, 7) is 4.56. The number of carboxylic acid groups (broad SMARTS) is 2. The van der Waals surface area contributed by atoms with Crippen LogP contribution in [0.4, 0.5) is 5.82 Å². The summed E-state index contributed by atoms with van der Waals surface area (Å²) in [7, 11) is 0. The highest BCUT2D eigenvalue weighted by Gasteiger charge is 2.27. The van der Waals surface area contributed by atoms with E-state index in [4.69, 9.17) is 15.2 Å². The van der Waals surface area contributed by atoms with Crippen molar-refractivity contribution in [3.63, 3.8) is 0 Å². The molecule has 0 aliphatic rings. The lowest BCUT2D eigenvalue weighted by Crippen LogP contribution is -2.24. The minimum atomic E-state index is -1.57. The van der Waals surface area contributed by atoms with E-state index in [2.05, 4.69) is 4.98 Å². The molecule has 28 heavy (non-hydrogen) atoms. The van der Waals surface area contributed by atoms with Crippen LogP contribution >= 0.6 is 0 Å². The Morgan fingerprint density at radius 3 is 2.32 bits per heavy atom. The van der Waals surface area contributed by atoms with E-state index in [1.807, 2.05) is 6.92 Å². The Balaban J connectivity index is 2.72. The van der Waals surface area contributed by atoms with Crippen molar-refractivity contribution in [1.82, 2.24) is 4.98 Å². The average molecular weight is 390 g/mol. The molecule has 0 fully saturated rings. The fourth-order valence-corrected chi connectivity index (χ4v) is 2.71. The Morgan fingerprint density at radius 1 is 1.07 bits per heavy atom. The summed E-state index contributed by atoms with van der Waals surface area (Å²) in [6, 6.07) is 4.46. The molecule has 1 heterocycles. The van der Waals surface area contributed by atoms with Gasteiger partial charge >= 0.3 is 11.9 Å². The number of anilines is 1. The molecular formula is C19H22N2O7. The van der Waals surface area contributed by atoms with E-state index in [0.717, 1.165) is 12.8 Å². The Kier molecular flexibility index (Phi) is 6.64. The number of aromatic nitrogens is 1. The number of unbranched alkanes of at least 4 members (excludes halogenated alkanes) is 1. The van der Waals surface area contributed by atoms with Crippen molar-refractivity contribution in [3.8, 4) is 22.6 Å². The zero-order valence-corrected chi connectivity index (χ0v) is 15.6. The number of nitrogen functional groups attached to an aromatic ring is 1. The number of carbonyl (C=O) groups is 2. The monoisotopic (exact) mass is 390 g/mol. The summed E-state index contributed by atoms with van der Waals surface area (Å²) in [6.07, 6.45) is 1.78. The molecule has 0 amide bonds. The third-order valence-electron chi connectivity index (χ3n) is 3.96. The van der Waals surface area contributed by atoms with E-state index in [1.165, 1.54) is 12.1 Å². The summed E-state index contributed by atoms with van der Waals surface area (Å²) < 4.78 is 11.2. The number of pyridine rings is 1. The number of benzene rings is 1. The molecule has 0 atom stereocenters. The fraction of sp³-hybridized carbons (Fsp3) is 0.316. The van der Waals surface area contributed by atoms with E-state index >= 15 is 0 Å². The molecule has 5 N–H and O–H groups in total. The number of hydrogen-bond acceptors (Lipinski definition) is 6. The third kappa shape index (κ3) is 4.25. The maximum absolute atomic E-state index is 12.1. The number of aromatic amines is 1. The molecule has 9 heteroatoms. The topological polar surface area (TPSA) is 152 Å². The highest BCUT2D eigenvalue weighted by atomic mass is 16.5. The first kappa shape index (κ1) is 20.8. The van der Waals surface area contributed by atoms with Gasteiger partial charge in [0.05, 0.1) is 13.2 Å². The molecule has 1 aromatic heterocycles. The van der Waals surface area contributed by atoms with Gasteiger partial charge in [-0.05, 0) is 31.0 Å². The van der Waals surface area contributed by atoms with E-state index in [9.17, 15) is 24.6 Å². The lowest BCUT2D eigenvalue weighted by molar-refractivity contribution is 0.0695. The molecular weight excluding hydrogens is 368 g/mol. The summed E-state index contributed by atoms with van der Waals surface area (Å²) in [5.74, 6) is -2.72. The molecule has 0 aliphatic heterocycles. The molecule has 0 aliphatic carbocycles. The molecule has 0 bridgehead atoms. The molecule has 9 nitrogen and oxygen atoms in total. The Labute approximate surface area is 160 Å². The van der Waals surface area contributed by atoms with Crippen LogP contribution in [-0.4, -0.2) is 40.3 Å². The van der Waals surface area contributed by atoms with Crippen LogP contribution in [0.2, 0.25) is 0 Å². The van der Waals surface area contributed by atoms with Gasteiger partial charge in [-0.3, -0.25) is 4.79 Å². The number of nitrogens with one attached hydrogen (secondary N) is 1. The van der Waals surface area contributed by atoms with E-state index in [-0.39, 0.29) is 11.1 Å². The van der Waals surface area contributed by atoms with Gasteiger partial charge in [0.2, 0.25) is 0 Å². The number of ether oxygens (including phenoxy) is 2. The summed E-state index contributed by atoms with van der Waals surface area (Å²) >= 11 is 0. The van der Waals surface area contributed by atoms with Crippen LogP contribution in [0, 0.1) is 0 Å². The van der Waals surface area contributed by atoms with Crippen molar-refractivity contribution in [1.29, 1.82) is 0 Å². The van der Waals surface area contributed by atoms with Crippen molar-refractivity contribution in [2.24, 2.45) is 0 Å². The van der Waals surface area contributed by atoms with Crippen molar-refractivity contribution < 1.29 is 29.3 Å². The van der Waals surface area contributed by atoms with Gasteiger partial charge in [0.15, 0.2) is 11.5 Å². The second-order valence-electron chi connectivity index (χ2n) is 5.90. The van der Waals surface area contributed by atoms with Crippen LogP contribution in [0.5, 0.6) is 11.5 Å². The van der Waals surface area contributed by atoms with Crippen LogP contribution in [0.1, 0.15) is 47.4 Å². The SMILES string of the molecule is CCCCOc1ccc(-c2c(C(=O)O)c(N)[nH]c(=O)c2C(=O)O)cc1OCC. The summed E-state index contributed by atoms with van der Waals surface area (Å²) in [5.41, 5.74) is 3.32. The van der Waals surface area contributed by atoms with Gasteiger partial charge in [0, 0.05) is 5.56 Å². The Morgan fingerprint density at radius 2 is 1.75 bits per heavy atom. The smallest absolute Gasteiger partial charge is 0.342 e. The molecule has 0 radical (unpaired) electrons. The third-order valence-corrected chi connectivity index (χ3v) is 3.96. The van der Waals surface area contributed by atoms with Gasteiger partial charge in [-0.1, -0.05) is 19.4 Å². The molecule has 0 unspecified atom stereocenters. The maximum Gasteiger partial charge on any atom is 0.342 e. The quantitative estimate of drug-likeness (QED) is 0.477. The fourth-order valence-electron chi connectivity index (χ4n) is 2.71. The summed E-state index contributed by atoms with van der Waals surface area (Å²) in [4.78, 5) is 37.6. The molecule has 0 saturated heterocycles. The second-order valence-corrected chi connectivity index (χ2v) is 5.90. The van der Waals surface area contributed by atoms with Crippen LogP contribution in [0.3, 0.4) is 0 Å². The van der Waals surface area contributed by atoms with Crippen molar-refractivity contribution in [3.05, 3.63) is 39.7 Å². The molecule has 2 rings (SSSR count). The molecule has 1 aromatic carbocycles. The highest BCUT2D eigenvalue weighted by Crippen LogP contribution is 2.36. The highest BCUT2D eigenvalue weighted by molar-refractivity contribution is 6.07. The number of aromatic carboxylic acids is 2. The predicted molar refractivity (Wildman–Crippen MR) is 102 cm³/mol. The molecule has 2 aromatic rings. The normalized spacial score (nSPS) is 10.5. The molecule has 0 saturated carbocycles. The van der Waals surface area contributed by atoms with Crippen molar-refractivity contribution >= 4 is 17.8 Å². The Hall–Kier alpha value is -3.49. The number of carboxylic acids is 2. The van der Waals surface area contributed by atoms with Gasteiger partial charge < -0.3 is 30.4 Å². The first-order valence-electron chi connectivity index (χ1n) is 8.74. The second kappa shape index (κ2) is 8.94. The largest absolute Gasteiger partial charge is 0.490 e. The molecule has 150 valence electrons. The standard InChI is InChI=1S/C19H22N2O7/c1-3-5-8-28-11-7-6-10(9-12(11)27-4-2)13-14(18(23)24)16(20)21-17(22)15(13)19(25)26/h6-7,9H,3-5,8H2,1-2H3,(H,23,24)(H,25,26)(H3,20,21,22). The zero-order valence-electron chi connectivity index (χ0n) is 15.6. The average Bonchev–Trinajstić information content (AvgIpc) is 2.61. The minimum Gasteiger partial charge on any atom is -0.490 e. The zero-order chi connectivity index (χ0) is 20.8. The van der Waals surface area contributed by atoms with Crippen LogP contribution in [-0.2, 0) is 0 Å². The number of rotatable bonds is 9. The van der Waals surface area contributed by atoms with Gasteiger partial charge in [0.25, 0.3) is 5.56 Å². The van der Waals surface area contributed by atoms with Crippen molar-refractivity contribution in [2.45, 2.75) is 26.7 Å². The summed E-state index contributed by atoms with van der Waals surface area (Å²) in [5, 5.41) is 19.0. The van der Waals surface area contributed by atoms with Crippen LogP contribution in [0.25, 0.3) is 11.1 Å². The van der Waals surface area contributed by atoms with Crippen LogP contribution < -0.4 is 20.8 Å². The van der Waals surface area contributed by atoms with Crippen molar-refractivity contribution in [2.75, 3.05) is 18.9 Å². The van der Waals surface area contributed by atoms with E-state index in [0.29, 0.717) is 24.7 Å². The lowest BCUT2D eigenvalue weighted by atomic mass is 9.95. The first-order chi connectivity index (χ1) is 13.3. The minimum absolute atomic E-state index is 0.166. The van der Waals surface area contributed by atoms with E-state index in [1.54, 1.807) is 13.0 Å². The van der Waals surface area contributed by atoms with Gasteiger partial charge in [0.1, 0.15) is 16.9 Å². The maximum atomic E-state index is 12.1. The number of nitrogens with two attached hydrogens (primary N) is 1. The van der Waals surface area contributed by atoms with E-state index < -0.39 is 34.4 Å².